The molecule has 122 valence electrons. The zero-order valence-corrected chi connectivity index (χ0v) is 11.6. The van der Waals surface area contributed by atoms with Gasteiger partial charge in [-0.05, 0) is 25.7 Å². The van der Waals surface area contributed by atoms with Crippen LogP contribution in [-0.2, 0) is 9.47 Å². The molecule has 6 nitrogen and oxygen atoms in total. The van der Waals surface area contributed by atoms with Gasteiger partial charge in [-0.3, -0.25) is 4.74 Å². The molecule has 3 heterocycles. The Bertz CT molecular complexity index is 556. The molecule has 0 aromatic carbocycles. The molecule has 4 atom stereocenters. The van der Waals surface area contributed by atoms with E-state index in [-0.39, 0.29) is 42.9 Å². The number of nitrogens with two attached hydrogens (primary N) is 1. The molecule has 2 bridgehead atoms. The average Bonchev–Trinajstić information content (AvgIpc) is 3.05. The first-order valence-electron chi connectivity index (χ1n) is 7.38. The minimum Gasteiger partial charge on any atom is -0.425 e. The average molecular weight is 319 g/mol. The number of nitrogens with zero attached hydrogens (tertiary/aromatic N) is 2. The van der Waals surface area contributed by atoms with Crippen LogP contribution in [0.15, 0.2) is 4.42 Å². The quantitative estimate of drug-likeness (QED) is 0.915. The van der Waals surface area contributed by atoms with Crippen molar-refractivity contribution >= 4 is 0 Å². The Balaban J connectivity index is 1.36. The summed E-state index contributed by atoms with van der Waals surface area (Å²) >= 11 is 0. The first kappa shape index (κ1) is 14.4. The van der Waals surface area contributed by atoms with Gasteiger partial charge in [-0.15, -0.1) is 23.4 Å². The minimum absolute atomic E-state index is 0.0102. The SMILES string of the molecule is N[C@H]1C[C@H]2O[C@@H]1C[C@@H]2c1nnc([C@H]2C[C@@H](OC(F)(F)F)C2)o1. The molecule has 0 unspecified atom stereocenters. The van der Waals surface area contributed by atoms with Crippen molar-refractivity contribution in [2.24, 2.45) is 5.73 Å². The predicted octanol–water partition coefficient (Wildman–Crippen LogP) is 1.82. The van der Waals surface area contributed by atoms with Gasteiger partial charge in [-0.1, -0.05) is 0 Å². The van der Waals surface area contributed by atoms with Crippen molar-refractivity contribution in [3.8, 4) is 0 Å². The van der Waals surface area contributed by atoms with E-state index in [0.29, 0.717) is 11.8 Å². The number of fused-ring (bicyclic) bond motifs is 2. The molecule has 3 aliphatic rings. The molecule has 2 saturated heterocycles. The lowest BCUT2D eigenvalue weighted by atomic mass is 9.82. The molecule has 0 spiro atoms. The fourth-order valence-electron chi connectivity index (χ4n) is 3.57. The Morgan fingerprint density at radius 2 is 1.77 bits per heavy atom. The Hall–Kier alpha value is -1.19. The molecule has 2 N–H and O–H groups in total. The smallest absolute Gasteiger partial charge is 0.425 e. The van der Waals surface area contributed by atoms with E-state index in [2.05, 4.69) is 14.9 Å². The molecule has 2 aliphatic heterocycles. The third-order valence-corrected chi connectivity index (χ3v) is 4.78. The Morgan fingerprint density at radius 1 is 1.05 bits per heavy atom. The number of rotatable bonds is 3. The third kappa shape index (κ3) is 2.50. The zero-order chi connectivity index (χ0) is 15.5. The van der Waals surface area contributed by atoms with Gasteiger partial charge in [0.15, 0.2) is 0 Å². The van der Waals surface area contributed by atoms with Gasteiger partial charge in [0.05, 0.1) is 24.2 Å². The predicted molar refractivity (Wildman–Crippen MR) is 65.8 cm³/mol. The second kappa shape index (κ2) is 4.90. The van der Waals surface area contributed by atoms with Gasteiger partial charge in [0, 0.05) is 12.0 Å². The van der Waals surface area contributed by atoms with Crippen LogP contribution in [0.25, 0.3) is 0 Å². The van der Waals surface area contributed by atoms with Crippen LogP contribution in [0.4, 0.5) is 13.2 Å². The Kier molecular flexibility index (Phi) is 3.21. The highest BCUT2D eigenvalue weighted by atomic mass is 19.4. The van der Waals surface area contributed by atoms with Crippen molar-refractivity contribution in [3.63, 3.8) is 0 Å². The molecular formula is C13H16F3N3O3. The summed E-state index contributed by atoms with van der Waals surface area (Å²) in [7, 11) is 0. The fraction of sp³-hybridized carbons (Fsp3) is 0.846. The van der Waals surface area contributed by atoms with Crippen LogP contribution < -0.4 is 5.73 Å². The number of ether oxygens (including phenoxy) is 2. The van der Waals surface area contributed by atoms with Crippen molar-refractivity contribution in [2.75, 3.05) is 0 Å². The van der Waals surface area contributed by atoms with E-state index in [4.69, 9.17) is 14.9 Å². The van der Waals surface area contributed by atoms with E-state index in [0.717, 1.165) is 12.8 Å². The lowest BCUT2D eigenvalue weighted by Gasteiger charge is -2.32. The highest BCUT2D eigenvalue weighted by Crippen LogP contribution is 2.45. The largest absolute Gasteiger partial charge is 0.522 e. The highest BCUT2D eigenvalue weighted by Gasteiger charge is 2.49. The third-order valence-electron chi connectivity index (χ3n) is 4.78. The van der Waals surface area contributed by atoms with Crippen LogP contribution in [0.2, 0.25) is 0 Å². The van der Waals surface area contributed by atoms with E-state index < -0.39 is 12.5 Å². The standard InChI is InChI=1S/C13H16F3N3O3/c14-13(15,16)22-6-1-5(2-6)11-18-19-12(21-11)7-3-10-8(17)4-9(7)20-10/h5-10H,1-4,17H2/t5-,6+,7-,8-,9+,10+/m0/s1. The Labute approximate surface area is 124 Å². The molecule has 1 aliphatic carbocycles. The molecule has 22 heavy (non-hydrogen) atoms. The minimum atomic E-state index is -4.59. The monoisotopic (exact) mass is 319 g/mol. The van der Waals surface area contributed by atoms with Crippen LogP contribution >= 0.6 is 0 Å². The summed E-state index contributed by atoms with van der Waals surface area (Å²) in [5, 5.41) is 8.02. The summed E-state index contributed by atoms with van der Waals surface area (Å²) in [5.74, 6) is 0.794. The summed E-state index contributed by atoms with van der Waals surface area (Å²) in [6.45, 7) is 0. The Morgan fingerprint density at radius 3 is 2.36 bits per heavy atom. The summed E-state index contributed by atoms with van der Waals surface area (Å²) in [4.78, 5) is 0. The molecule has 0 amide bonds. The summed E-state index contributed by atoms with van der Waals surface area (Å²) in [6.07, 6.45) is -3.32. The lowest BCUT2D eigenvalue weighted by Crippen LogP contribution is -2.34. The summed E-state index contributed by atoms with van der Waals surface area (Å²) < 4.78 is 51.6. The van der Waals surface area contributed by atoms with Crippen molar-refractivity contribution in [1.82, 2.24) is 10.2 Å². The molecule has 4 rings (SSSR count). The summed E-state index contributed by atoms with van der Waals surface area (Å²) in [6, 6.07) is 0.0653. The first-order valence-corrected chi connectivity index (χ1v) is 7.38. The van der Waals surface area contributed by atoms with E-state index >= 15 is 0 Å². The van der Waals surface area contributed by atoms with Crippen LogP contribution in [0.1, 0.15) is 49.3 Å². The van der Waals surface area contributed by atoms with Gasteiger partial charge >= 0.3 is 6.36 Å². The van der Waals surface area contributed by atoms with E-state index in [1.165, 1.54) is 0 Å². The van der Waals surface area contributed by atoms with E-state index in [1.54, 1.807) is 0 Å². The molecule has 9 heteroatoms. The van der Waals surface area contributed by atoms with Crippen molar-refractivity contribution in [1.29, 1.82) is 0 Å². The molecular weight excluding hydrogens is 303 g/mol. The number of hydrogen-bond acceptors (Lipinski definition) is 6. The second-order valence-electron chi connectivity index (χ2n) is 6.29. The second-order valence-corrected chi connectivity index (χ2v) is 6.29. The molecule has 0 radical (unpaired) electrons. The van der Waals surface area contributed by atoms with E-state index in [1.807, 2.05) is 0 Å². The van der Waals surface area contributed by atoms with Crippen LogP contribution in [0.3, 0.4) is 0 Å². The van der Waals surface area contributed by atoms with Gasteiger partial charge in [0.25, 0.3) is 0 Å². The van der Waals surface area contributed by atoms with Crippen LogP contribution in [-0.4, -0.2) is 40.9 Å². The number of hydrogen-bond donors (Lipinski definition) is 1. The topological polar surface area (TPSA) is 83.4 Å². The van der Waals surface area contributed by atoms with Gasteiger partial charge in [0.2, 0.25) is 11.8 Å². The highest BCUT2D eigenvalue weighted by molar-refractivity contribution is 5.10. The number of alkyl halides is 3. The van der Waals surface area contributed by atoms with Crippen molar-refractivity contribution in [3.05, 3.63) is 11.8 Å². The lowest BCUT2D eigenvalue weighted by molar-refractivity contribution is -0.352. The molecule has 1 saturated carbocycles. The van der Waals surface area contributed by atoms with E-state index in [9.17, 15) is 13.2 Å². The fourth-order valence-corrected chi connectivity index (χ4v) is 3.57. The van der Waals surface area contributed by atoms with Gasteiger partial charge in [-0.25, -0.2) is 0 Å². The molecule has 1 aromatic rings. The number of halogens is 3. The van der Waals surface area contributed by atoms with Crippen LogP contribution in [0, 0.1) is 0 Å². The zero-order valence-electron chi connectivity index (χ0n) is 11.6. The normalized spacial score (nSPS) is 40.9. The maximum atomic E-state index is 12.1. The maximum Gasteiger partial charge on any atom is 0.522 e. The van der Waals surface area contributed by atoms with Crippen LogP contribution in [0.5, 0.6) is 0 Å². The van der Waals surface area contributed by atoms with Gasteiger partial charge in [0.1, 0.15) is 0 Å². The number of aromatic nitrogens is 2. The van der Waals surface area contributed by atoms with Gasteiger partial charge in [-0.2, -0.15) is 0 Å². The summed E-state index contributed by atoms with van der Waals surface area (Å²) in [5.41, 5.74) is 5.91. The van der Waals surface area contributed by atoms with Gasteiger partial charge < -0.3 is 14.9 Å². The molecule has 3 fully saturated rings. The first-order chi connectivity index (χ1) is 10.4. The van der Waals surface area contributed by atoms with Crippen molar-refractivity contribution < 1.29 is 27.1 Å². The van der Waals surface area contributed by atoms with Crippen molar-refractivity contribution in [2.45, 2.75) is 68.2 Å². The maximum absolute atomic E-state index is 12.1. The molecule has 1 aromatic heterocycles.